The molecule has 0 bridgehead atoms. The first kappa shape index (κ1) is 15.3. The number of nitrogens with one attached hydrogen (secondary N) is 1. The van der Waals surface area contributed by atoms with Gasteiger partial charge in [-0.2, -0.15) is 8.78 Å². The van der Waals surface area contributed by atoms with Gasteiger partial charge in [0.15, 0.2) is 0 Å². The van der Waals surface area contributed by atoms with E-state index in [1.54, 1.807) is 24.3 Å². The maximum atomic E-state index is 13.3. The van der Waals surface area contributed by atoms with Gasteiger partial charge in [-0.3, -0.25) is 5.01 Å². The molecule has 1 aliphatic rings. The number of anilines is 1. The van der Waals surface area contributed by atoms with E-state index in [0.29, 0.717) is 11.3 Å². The van der Waals surface area contributed by atoms with Crippen LogP contribution < -0.4 is 10.4 Å². The number of para-hydroxylation sites is 1. The van der Waals surface area contributed by atoms with Crippen LogP contribution in [0.25, 0.3) is 5.57 Å². The zero-order chi connectivity index (χ0) is 15.8. The number of hydrogen-bond acceptors (Lipinski definition) is 2. The van der Waals surface area contributed by atoms with E-state index in [2.05, 4.69) is 5.43 Å². The average molecular weight is 296 g/mol. The molecule has 0 fully saturated rings. The number of carbonyl (C=O) groups is 1. The van der Waals surface area contributed by atoms with Crippen LogP contribution in [0.15, 0.2) is 30.3 Å². The van der Waals surface area contributed by atoms with Gasteiger partial charge in [-0.1, -0.05) is 39.0 Å². The Kier molecular flexibility index (Phi) is 3.89. The standard InChI is InChI=1S/C15H18F2N2O2/c1-15(2,3)12-8-10(13(16)17)9-6-4-5-7-11(9)19(12)18-14(20)21/h4-7,12,18H,8H2,1-3H3,(H,20,21). The Morgan fingerprint density at radius 1 is 1.33 bits per heavy atom. The summed E-state index contributed by atoms with van der Waals surface area (Å²) in [7, 11) is 0. The van der Waals surface area contributed by atoms with Crippen molar-refractivity contribution in [3.05, 3.63) is 35.9 Å². The highest BCUT2D eigenvalue weighted by atomic mass is 19.3. The first-order chi connectivity index (χ1) is 9.71. The number of fused-ring (bicyclic) bond motifs is 1. The van der Waals surface area contributed by atoms with Crippen molar-refractivity contribution < 1.29 is 18.7 Å². The molecule has 0 radical (unpaired) electrons. The Bertz CT molecular complexity index is 590. The highest BCUT2D eigenvalue weighted by Crippen LogP contribution is 2.44. The highest BCUT2D eigenvalue weighted by molar-refractivity contribution is 5.82. The Hall–Kier alpha value is -2.11. The molecule has 0 spiro atoms. The van der Waals surface area contributed by atoms with Crippen molar-refractivity contribution in [3.63, 3.8) is 0 Å². The molecule has 4 nitrogen and oxygen atoms in total. The summed E-state index contributed by atoms with van der Waals surface area (Å²) in [6, 6.07) is 6.19. The van der Waals surface area contributed by atoms with Crippen molar-refractivity contribution >= 4 is 17.4 Å². The SMILES string of the molecule is CC(C)(C)C1CC(=C(F)F)c2ccccc2N1NC(=O)O. The lowest BCUT2D eigenvalue weighted by atomic mass is 9.78. The second-order valence-corrected chi connectivity index (χ2v) is 6.13. The number of amides is 1. The summed E-state index contributed by atoms with van der Waals surface area (Å²) >= 11 is 0. The van der Waals surface area contributed by atoms with Crippen molar-refractivity contribution in [2.45, 2.75) is 33.2 Å². The van der Waals surface area contributed by atoms with E-state index in [4.69, 9.17) is 5.11 Å². The van der Waals surface area contributed by atoms with E-state index in [1.807, 2.05) is 20.8 Å². The summed E-state index contributed by atoms with van der Waals surface area (Å²) in [6.45, 7) is 5.70. The summed E-state index contributed by atoms with van der Waals surface area (Å²) in [5.74, 6) is 0. The quantitative estimate of drug-likeness (QED) is 0.820. The van der Waals surface area contributed by atoms with Crippen LogP contribution in [0.1, 0.15) is 32.8 Å². The predicted molar refractivity (Wildman–Crippen MR) is 77.1 cm³/mol. The van der Waals surface area contributed by atoms with E-state index in [9.17, 15) is 13.6 Å². The van der Waals surface area contributed by atoms with Crippen LogP contribution >= 0.6 is 0 Å². The molecular formula is C15H18F2N2O2. The number of hydrogen-bond donors (Lipinski definition) is 2. The molecule has 0 saturated carbocycles. The van der Waals surface area contributed by atoms with Gasteiger partial charge in [0.1, 0.15) is 0 Å². The van der Waals surface area contributed by atoms with E-state index >= 15 is 0 Å². The van der Waals surface area contributed by atoms with Gasteiger partial charge in [0.25, 0.3) is 6.08 Å². The lowest BCUT2D eigenvalue weighted by Gasteiger charge is -2.45. The Morgan fingerprint density at radius 3 is 2.48 bits per heavy atom. The van der Waals surface area contributed by atoms with Gasteiger partial charge in [0, 0.05) is 17.6 Å². The maximum Gasteiger partial charge on any atom is 0.423 e. The molecular weight excluding hydrogens is 278 g/mol. The molecule has 1 atom stereocenters. The number of benzene rings is 1. The number of rotatable bonds is 1. The number of hydrazine groups is 1. The highest BCUT2D eigenvalue weighted by Gasteiger charge is 2.39. The van der Waals surface area contributed by atoms with Crippen LogP contribution in [-0.4, -0.2) is 17.2 Å². The molecule has 1 aliphatic heterocycles. The van der Waals surface area contributed by atoms with E-state index in [0.717, 1.165) is 0 Å². The molecule has 21 heavy (non-hydrogen) atoms. The summed E-state index contributed by atoms with van der Waals surface area (Å²) in [5, 5.41) is 10.5. The maximum absolute atomic E-state index is 13.3. The first-order valence-corrected chi connectivity index (χ1v) is 6.64. The number of carboxylic acid groups (broad SMARTS) is 1. The summed E-state index contributed by atoms with van der Waals surface area (Å²) in [6.07, 6.45) is -2.85. The second-order valence-electron chi connectivity index (χ2n) is 6.13. The zero-order valence-electron chi connectivity index (χ0n) is 12.2. The third-order valence-corrected chi connectivity index (χ3v) is 3.64. The fraction of sp³-hybridized carbons (Fsp3) is 0.400. The van der Waals surface area contributed by atoms with Crippen molar-refractivity contribution in [1.82, 2.24) is 5.43 Å². The van der Waals surface area contributed by atoms with Gasteiger partial charge < -0.3 is 5.11 Å². The minimum Gasteiger partial charge on any atom is -0.464 e. The van der Waals surface area contributed by atoms with Gasteiger partial charge >= 0.3 is 6.09 Å². The molecule has 6 heteroatoms. The number of halogens is 2. The summed E-state index contributed by atoms with van der Waals surface area (Å²) in [5.41, 5.74) is 2.76. The van der Waals surface area contributed by atoms with Crippen molar-refractivity contribution in [2.24, 2.45) is 5.41 Å². The van der Waals surface area contributed by atoms with E-state index < -0.39 is 18.2 Å². The van der Waals surface area contributed by atoms with Gasteiger partial charge in [-0.05, 0) is 11.5 Å². The Labute approximate surface area is 122 Å². The topological polar surface area (TPSA) is 52.6 Å². The fourth-order valence-corrected chi connectivity index (χ4v) is 2.62. The Balaban J connectivity index is 2.61. The fourth-order valence-electron chi connectivity index (χ4n) is 2.62. The predicted octanol–water partition coefficient (Wildman–Crippen LogP) is 4.10. The average Bonchev–Trinajstić information content (AvgIpc) is 2.36. The van der Waals surface area contributed by atoms with Crippen LogP contribution in [-0.2, 0) is 0 Å². The Morgan fingerprint density at radius 2 is 1.95 bits per heavy atom. The van der Waals surface area contributed by atoms with Crippen molar-refractivity contribution in [1.29, 1.82) is 0 Å². The van der Waals surface area contributed by atoms with Gasteiger partial charge in [0.05, 0.1) is 11.7 Å². The molecule has 0 aromatic heterocycles. The molecule has 1 amide bonds. The minimum atomic E-state index is -1.72. The monoisotopic (exact) mass is 296 g/mol. The third kappa shape index (κ3) is 2.99. The molecule has 0 aliphatic carbocycles. The van der Waals surface area contributed by atoms with E-state index in [-0.39, 0.29) is 17.4 Å². The molecule has 1 aromatic carbocycles. The molecule has 2 N–H and O–H groups in total. The smallest absolute Gasteiger partial charge is 0.423 e. The molecule has 0 saturated heterocycles. The third-order valence-electron chi connectivity index (χ3n) is 3.64. The van der Waals surface area contributed by atoms with Crippen LogP contribution in [0.2, 0.25) is 0 Å². The second kappa shape index (κ2) is 5.35. The summed E-state index contributed by atoms with van der Waals surface area (Å²) in [4.78, 5) is 11.1. The van der Waals surface area contributed by atoms with Crippen LogP contribution in [0.5, 0.6) is 0 Å². The van der Waals surface area contributed by atoms with E-state index in [1.165, 1.54) is 5.01 Å². The van der Waals surface area contributed by atoms with Gasteiger partial charge in [-0.25, -0.2) is 10.2 Å². The lowest BCUT2D eigenvalue weighted by molar-refractivity contribution is 0.186. The zero-order valence-corrected chi connectivity index (χ0v) is 12.2. The van der Waals surface area contributed by atoms with Gasteiger partial charge in [0.2, 0.25) is 0 Å². The number of nitrogens with zero attached hydrogens (tertiary/aromatic N) is 1. The van der Waals surface area contributed by atoms with Gasteiger partial charge in [-0.15, -0.1) is 0 Å². The van der Waals surface area contributed by atoms with Crippen molar-refractivity contribution in [3.8, 4) is 0 Å². The lowest BCUT2D eigenvalue weighted by Crippen LogP contribution is -2.55. The molecule has 2 rings (SSSR count). The van der Waals surface area contributed by atoms with Crippen LogP contribution in [0.3, 0.4) is 0 Å². The van der Waals surface area contributed by atoms with Crippen LogP contribution in [0.4, 0.5) is 19.3 Å². The van der Waals surface area contributed by atoms with Crippen molar-refractivity contribution in [2.75, 3.05) is 5.01 Å². The molecule has 1 heterocycles. The molecule has 1 aromatic rings. The van der Waals surface area contributed by atoms with Crippen LogP contribution in [0, 0.1) is 5.41 Å². The molecule has 1 unspecified atom stereocenters. The minimum absolute atomic E-state index is 0.0195. The molecule has 114 valence electrons. The largest absolute Gasteiger partial charge is 0.464 e. The first-order valence-electron chi connectivity index (χ1n) is 6.64. The normalized spacial score (nSPS) is 18.2. The summed E-state index contributed by atoms with van der Waals surface area (Å²) < 4.78 is 26.5.